The SMILES string of the molecule is COc1ccc([C@H]2[C@H]3CNC[C@H]3CN2C(=O)CCn2c(C)cccc2=O)cc1.Cl. The number of nitrogens with zero attached hydrogens (tertiary/aromatic N) is 2. The third-order valence-corrected chi connectivity index (χ3v) is 6.16. The predicted octanol–water partition coefficient (Wildman–Crippen LogP) is 2.40. The lowest BCUT2D eigenvalue weighted by atomic mass is 9.89. The first kappa shape index (κ1) is 21.4. The zero-order valence-electron chi connectivity index (χ0n) is 16.8. The summed E-state index contributed by atoms with van der Waals surface area (Å²) in [6.45, 7) is 4.98. The molecule has 156 valence electrons. The van der Waals surface area contributed by atoms with Gasteiger partial charge in [0.2, 0.25) is 5.91 Å². The van der Waals surface area contributed by atoms with E-state index in [1.165, 1.54) is 0 Å². The first-order chi connectivity index (χ1) is 13.6. The number of carbonyl (C=O) groups is 1. The number of benzene rings is 1. The van der Waals surface area contributed by atoms with Crippen LogP contribution in [0.3, 0.4) is 0 Å². The van der Waals surface area contributed by atoms with Gasteiger partial charge in [-0.15, -0.1) is 12.4 Å². The van der Waals surface area contributed by atoms with Crippen LogP contribution in [0.15, 0.2) is 47.3 Å². The van der Waals surface area contributed by atoms with Crippen molar-refractivity contribution in [2.24, 2.45) is 11.8 Å². The van der Waals surface area contributed by atoms with Gasteiger partial charge in [0.25, 0.3) is 5.56 Å². The number of methoxy groups -OCH3 is 1. The maximum atomic E-state index is 13.1. The van der Waals surface area contributed by atoms with Crippen LogP contribution >= 0.6 is 12.4 Å². The van der Waals surface area contributed by atoms with Crippen LogP contribution in [0.2, 0.25) is 0 Å². The normalized spacial score (nSPS) is 22.8. The molecule has 4 rings (SSSR count). The van der Waals surface area contributed by atoms with E-state index in [0.29, 0.717) is 24.8 Å². The second-order valence-electron chi connectivity index (χ2n) is 7.75. The molecule has 2 fully saturated rings. The lowest BCUT2D eigenvalue weighted by Gasteiger charge is -2.29. The maximum absolute atomic E-state index is 13.1. The van der Waals surface area contributed by atoms with E-state index in [9.17, 15) is 9.59 Å². The summed E-state index contributed by atoms with van der Waals surface area (Å²) in [5, 5.41) is 3.47. The van der Waals surface area contributed by atoms with Gasteiger partial charge >= 0.3 is 0 Å². The number of halogens is 1. The largest absolute Gasteiger partial charge is 0.497 e. The van der Waals surface area contributed by atoms with Crippen LogP contribution in [-0.2, 0) is 11.3 Å². The highest BCUT2D eigenvalue weighted by molar-refractivity contribution is 5.85. The van der Waals surface area contributed by atoms with Gasteiger partial charge in [-0.3, -0.25) is 9.59 Å². The minimum atomic E-state index is -0.0537. The summed E-state index contributed by atoms with van der Waals surface area (Å²) in [7, 11) is 1.66. The number of rotatable bonds is 5. The van der Waals surface area contributed by atoms with Gasteiger partial charge in [-0.05, 0) is 36.6 Å². The van der Waals surface area contributed by atoms with Crippen LogP contribution in [0.4, 0.5) is 0 Å². The third-order valence-electron chi connectivity index (χ3n) is 6.16. The zero-order valence-corrected chi connectivity index (χ0v) is 17.7. The Balaban J connectivity index is 0.00000240. The zero-order chi connectivity index (χ0) is 19.7. The molecular formula is C22H28ClN3O3. The average molecular weight is 418 g/mol. The molecule has 1 aromatic heterocycles. The van der Waals surface area contributed by atoms with E-state index in [1.807, 2.05) is 30.0 Å². The van der Waals surface area contributed by atoms with Gasteiger partial charge in [0.1, 0.15) is 5.75 Å². The highest BCUT2D eigenvalue weighted by Gasteiger charge is 2.46. The van der Waals surface area contributed by atoms with Crippen molar-refractivity contribution < 1.29 is 9.53 Å². The molecular weight excluding hydrogens is 390 g/mol. The van der Waals surface area contributed by atoms with E-state index < -0.39 is 0 Å². The highest BCUT2D eigenvalue weighted by Crippen LogP contribution is 2.43. The van der Waals surface area contributed by atoms with Crippen molar-refractivity contribution in [2.45, 2.75) is 25.9 Å². The molecule has 3 heterocycles. The molecule has 2 aliphatic rings. The third kappa shape index (κ3) is 4.19. The van der Waals surface area contributed by atoms with Gasteiger partial charge in [0.05, 0.1) is 13.2 Å². The van der Waals surface area contributed by atoms with Crippen LogP contribution in [0.1, 0.15) is 23.7 Å². The van der Waals surface area contributed by atoms with Crippen LogP contribution in [0, 0.1) is 18.8 Å². The molecule has 2 aromatic rings. The fraction of sp³-hybridized carbons (Fsp3) is 0.455. The summed E-state index contributed by atoms with van der Waals surface area (Å²) < 4.78 is 6.96. The van der Waals surface area contributed by atoms with Crippen molar-refractivity contribution >= 4 is 18.3 Å². The second kappa shape index (κ2) is 9.01. The fourth-order valence-electron chi connectivity index (χ4n) is 4.67. The summed E-state index contributed by atoms with van der Waals surface area (Å²) in [6, 6.07) is 13.3. The first-order valence-electron chi connectivity index (χ1n) is 9.89. The lowest BCUT2D eigenvalue weighted by Crippen LogP contribution is -2.35. The van der Waals surface area contributed by atoms with Crippen molar-refractivity contribution in [1.29, 1.82) is 0 Å². The molecule has 0 spiro atoms. The number of pyridine rings is 1. The van der Waals surface area contributed by atoms with E-state index in [2.05, 4.69) is 17.4 Å². The number of fused-ring (bicyclic) bond motifs is 1. The van der Waals surface area contributed by atoms with E-state index in [-0.39, 0.29) is 29.9 Å². The molecule has 0 radical (unpaired) electrons. The molecule has 2 aliphatic heterocycles. The van der Waals surface area contributed by atoms with E-state index in [4.69, 9.17) is 4.74 Å². The van der Waals surface area contributed by atoms with Crippen molar-refractivity contribution in [3.63, 3.8) is 0 Å². The molecule has 29 heavy (non-hydrogen) atoms. The number of likely N-dealkylation sites (tertiary alicyclic amines) is 1. The predicted molar refractivity (Wildman–Crippen MR) is 115 cm³/mol. The number of nitrogens with one attached hydrogen (secondary N) is 1. The van der Waals surface area contributed by atoms with Gasteiger partial charge in [-0.1, -0.05) is 18.2 Å². The van der Waals surface area contributed by atoms with Crippen molar-refractivity contribution in [2.75, 3.05) is 26.7 Å². The number of ether oxygens (including phenoxy) is 1. The number of aromatic nitrogens is 1. The minimum absolute atomic E-state index is 0. The monoisotopic (exact) mass is 417 g/mol. The fourth-order valence-corrected chi connectivity index (χ4v) is 4.67. The van der Waals surface area contributed by atoms with E-state index >= 15 is 0 Å². The van der Waals surface area contributed by atoms with Gasteiger partial charge < -0.3 is 19.5 Å². The molecule has 3 atom stereocenters. The van der Waals surface area contributed by atoms with Gasteiger partial charge in [-0.2, -0.15) is 0 Å². The number of carbonyl (C=O) groups excluding carboxylic acids is 1. The van der Waals surface area contributed by atoms with E-state index in [0.717, 1.165) is 36.6 Å². The molecule has 2 saturated heterocycles. The Morgan fingerprint density at radius 1 is 1.17 bits per heavy atom. The Kier molecular flexibility index (Phi) is 6.65. The minimum Gasteiger partial charge on any atom is -0.497 e. The molecule has 1 amide bonds. The number of hydrogen-bond donors (Lipinski definition) is 1. The van der Waals surface area contributed by atoms with Gasteiger partial charge in [0, 0.05) is 50.3 Å². The summed E-state index contributed by atoms with van der Waals surface area (Å²) in [4.78, 5) is 27.3. The molecule has 1 N–H and O–H groups in total. The number of hydrogen-bond acceptors (Lipinski definition) is 4. The molecule has 0 bridgehead atoms. The summed E-state index contributed by atoms with van der Waals surface area (Å²) in [5.74, 6) is 1.85. The molecule has 0 saturated carbocycles. The number of amides is 1. The Labute approximate surface area is 177 Å². The summed E-state index contributed by atoms with van der Waals surface area (Å²) in [6.07, 6.45) is 0.338. The summed E-state index contributed by atoms with van der Waals surface area (Å²) in [5.41, 5.74) is 1.98. The maximum Gasteiger partial charge on any atom is 0.250 e. The smallest absolute Gasteiger partial charge is 0.250 e. The van der Waals surface area contributed by atoms with Crippen LogP contribution in [-0.4, -0.2) is 42.1 Å². The number of aryl methyl sites for hydroxylation is 1. The Morgan fingerprint density at radius 3 is 2.62 bits per heavy atom. The second-order valence-corrected chi connectivity index (χ2v) is 7.75. The van der Waals surface area contributed by atoms with Crippen LogP contribution in [0.5, 0.6) is 5.75 Å². The Hall–Kier alpha value is -2.31. The highest BCUT2D eigenvalue weighted by atomic mass is 35.5. The van der Waals surface area contributed by atoms with Gasteiger partial charge in [-0.25, -0.2) is 0 Å². The molecule has 7 heteroatoms. The van der Waals surface area contributed by atoms with Crippen LogP contribution in [0.25, 0.3) is 0 Å². The molecule has 0 aliphatic carbocycles. The lowest BCUT2D eigenvalue weighted by molar-refractivity contribution is -0.132. The summed E-state index contributed by atoms with van der Waals surface area (Å²) >= 11 is 0. The van der Waals surface area contributed by atoms with Crippen molar-refractivity contribution in [3.8, 4) is 5.75 Å². The Bertz CT molecular complexity index is 912. The van der Waals surface area contributed by atoms with Crippen LogP contribution < -0.4 is 15.6 Å². The molecule has 1 aromatic carbocycles. The van der Waals surface area contributed by atoms with Gasteiger partial charge in [0.15, 0.2) is 0 Å². The topological polar surface area (TPSA) is 63.6 Å². The average Bonchev–Trinajstić information content (AvgIpc) is 3.29. The quantitative estimate of drug-likeness (QED) is 0.811. The van der Waals surface area contributed by atoms with E-state index in [1.54, 1.807) is 23.8 Å². The van der Waals surface area contributed by atoms with Crippen molar-refractivity contribution in [3.05, 3.63) is 64.1 Å². The molecule has 6 nitrogen and oxygen atoms in total. The first-order valence-corrected chi connectivity index (χ1v) is 9.89. The molecule has 0 unspecified atom stereocenters. The Morgan fingerprint density at radius 2 is 1.93 bits per heavy atom. The van der Waals surface area contributed by atoms with Crippen molar-refractivity contribution in [1.82, 2.24) is 14.8 Å². The standard InChI is InChI=1S/C22H27N3O3.ClH/c1-15-4-3-5-20(26)24(15)11-10-21(27)25-14-17-12-23-13-19(17)22(25)16-6-8-18(28-2)9-7-16;/h3-9,17,19,22-23H,10-14H2,1-2H3;1H/t17-,19-,22-;/m0./s1.